The molecule has 3 unspecified atom stereocenters. The average Bonchev–Trinajstić information content (AvgIpc) is 2.25. The molecule has 2 rings (SSSR count). The third-order valence-corrected chi connectivity index (χ3v) is 5.50. The summed E-state index contributed by atoms with van der Waals surface area (Å²) in [7, 11) is 0. The second-order valence-corrected chi connectivity index (χ2v) is 8.21. The molecule has 0 spiro atoms. The molecule has 2 bridgehead atoms. The highest BCUT2D eigenvalue weighted by atomic mass is 16.6. The minimum atomic E-state index is -0.711. The molecule has 1 N–H and O–H groups in total. The highest BCUT2D eigenvalue weighted by Crippen LogP contribution is 2.58. The summed E-state index contributed by atoms with van der Waals surface area (Å²) >= 11 is 0. The van der Waals surface area contributed by atoms with Gasteiger partial charge in [-0.1, -0.05) is 26.7 Å². The lowest BCUT2D eigenvalue weighted by Gasteiger charge is -2.57. The van der Waals surface area contributed by atoms with Crippen molar-refractivity contribution in [3.63, 3.8) is 0 Å². The smallest absolute Gasteiger partial charge is 0.308 e. The Balaban J connectivity index is 2.23. The Bertz CT molecular complexity index is 382. The van der Waals surface area contributed by atoms with Gasteiger partial charge in [-0.2, -0.15) is 0 Å². The second kappa shape index (κ2) is 5.01. The van der Waals surface area contributed by atoms with Crippen LogP contribution in [0.1, 0.15) is 73.1 Å². The van der Waals surface area contributed by atoms with E-state index in [1.165, 1.54) is 12.8 Å². The van der Waals surface area contributed by atoms with Gasteiger partial charge in [0.2, 0.25) is 0 Å². The Morgan fingerprint density at radius 2 is 2.00 bits per heavy atom. The van der Waals surface area contributed by atoms with Gasteiger partial charge in [0.25, 0.3) is 0 Å². The normalized spacial score (nSPS) is 37.9. The van der Waals surface area contributed by atoms with Gasteiger partial charge in [0.05, 0.1) is 11.5 Å². The van der Waals surface area contributed by atoms with Gasteiger partial charge in [0.1, 0.15) is 5.60 Å². The fourth-order valence-corrected chi connectivity index (χ4v) is 4.43. The standard InChI is InChI=1S/C17H30O3/c1-12(2)14(18)20-16(5)9-13-7-6-8-17(10-13,11-16)15(3,4)19/h12-13,19H,6-11H2,1-5H3. The van der Waals surface area contributed by atoms with Crippen molar-refractivity contribution in [2.24, 2.45) is 17.3 Å². The Kier molecular flexibility index (Phi) is 3.96. The fraction of sp³-hybridized carbons (Fsp3) is 0.941. The Morgan fingerprint density at radius 3 is 2.55 bits per heavy atom. The molecule has 2 fully saturated rings. The van der Waals surface area contributed by atoms with E-state index in [2.05, 4.69) is 6.92 Å². The quantitative estimate of drug-likeness (QED) is 0.803. The molecule has 116 valence electrons. The van der Waals surface area contributed by atoms with Crippen molar-refractivity contribution in [1.82, 2.24) is 0 Å². The van der Waals surface area contributed by atoms with Crippen LogP contribution in [0.2, 0.25) is 0 Å². The van der Waals surface area contributed by atoms with Crippen molar-refractivity contribution >= 4 is 5.97 Å². The molecule has 2 aliphatic rings. The molecule has 2 aliphatic carbocycles. The van der Waals surface area contributed by atoms with E-state index in [-0.39, 0.29) is 17.3 Å². The van der Waals surface area contributed by atoms with Gasteiger partial charge in [-0.3, -0.25) is 4.79 Å². The van der Waals surface area contributed by atoms with Crippen LogP contribution in [-0.2, 0) is 9.53 Å². The first-order chi connectivity index (χ1) is 9.07. The van der Waals surface area contributed by atoms with Crippen LogP contribution in [-0.4, -0.2) is 22.3 Å². The molecule has 3 heteroatoms. The van der Waals surface area contributed by atoms with E-state index in [9.17, 15) is 9.90 Å². The third kappa shape index (κ3) is 2.88. The van der Waals surface area contributed by atoms with Crippen LogP contribution in [0.15, 0.2) is 0 Å². The lowest BCUT2D eigenvalue weighted by Crippen LogP contribution is -2.56. The molecule has 0 aromatic rings. The molecule has 0 amide bonds. The van der Waals surface area contributed by atoms with Crippen molar-refractivity contribution in [1.29, 1.82) is 0 Å². The lowest BCUT2D eigenvalue weighted by molar-refractivity contribution is -0.195. The number of esters is 1. The van der Waals surface area contributed by atoms with Crippen LogP contribution in [0.3, 0.4) is 0 Å². The lowest BCUT2D eigenvalue weighted by atomic mass is 9.52. The summed E-state index contributed by atoms with van der Waals surface area (Å²) in [5.74, 6) is 0.374. The van der Waals surface area contributed by atoms with E-state index < -0.39 is 11.2 Å². The summed E-state index contributed by atoms with van der Waals surface area (Å²) in [5, 5.41) is 10.7. The van der Waals surface area contributed by atoms with Crippen LogP contribution in [0.4, 0.5) is 0 Å². The number of rotatable bonds is 3. The maximum Gasteiger partial charge on any atom is 0.308 e. The summed E-state index contributed by atoms with van der Waals surface area (Å²) in [6.45, 7) is 9.66. The summed E-state index contributed by atoms with van der Waals surface area (Å²) in [6.07, 6.45) is 6.24. The van der Waals surface area contributed by atoms with E-state index in [1.807, 2.05) is 27.7 Å². The van der Waals surface area contributed by atoms with Crippen molar-refractivity contribution in [3.05, 3.63) is 0 Å². The maximum atomic E-state index is 12.0. The Morgan fingerprint density at radius 1 is 1.35 bits per heavy atom. The molecular weight excluding hydrogens is 252 g/mol. The number of hydrogen-bond donors (Lipinski definition) is 1. The van der Waals surface area contributed by atoms with Crippen molar-refractivity contribution in [2.45, 2.75) is 84.3 Å². The van der Waals surface area contributed by atoms with Crippen molar-refractivity contribution in [3.8, 4) is 0 Å². The molecular formula is C17H30O3. The zero-order valence-corrected chi connectivity index (χ0v) is 13.7. The minimum absolute atomic E-state index is 0.0910. The van der Waals surface area contributed by atoms with Crippen molar-refractivity contribution in [2.75, 3.05) is 0 Å². The summed E-state index contributed by atoms with van der Waals surface area (Å²) < 4.78 is 5.85. The van der Waals surface area contributed by atoms with E-state index in [1.54, 1.807) is 0 Å². The molecule has 20 heavy (non-hydrogen) atoms. The van der Waals surface area contributed by atoms with E-state index in [0.717, 1.165) is 25.7 Å². The van der Waals surface area contributed by atoms with Crippen LogP contribution >= 0.6 is 0 Å². The van der Waals surface area contributed by atoms with Gasteiger partial charge in [-0.25, -0.2) is 0 Å². The number of hydrogen-bond acceptors (Lipinski definition) is 3. The van der Waals surface area contributed by atoms with Crippen LogP contribution < -0.4 is 0 Å². The van der Waals surface area contributed by atoms with Gasteiger partial charge in [0, 0.05) is 5.41 Å². The second-order valence-electron chi connectivity index (χ2n) is 8.21. The first-order valence-electron chi connectivity index (χ1n) is 8.02. The van der Waals surface area contributed by atoms with Crippen LogP contribution in [0.25, 0.3) is 0 Å². The zero-order valence-electron chi connectivity index (χ0n) is 13.7. The fourth-order valence-electron chi connectivity index (χ4n) is 4.43. The van der Waals surface area contributed by atoms with Gasteiger partial charge >= 0.3 is 5.97 Å². The van der Waals surface area contributed by atoms with Crippen molar-refractivity contribution < 1.29 is 14.6 Å². The first kappa shape index (κ1) is 15.8. The van der Waals surface area contributed by atoms with Crippen LogP contribution in [0, 0.1) is 17.3 Å². The van der Waals surface area contributed by atoms with Gasteiger partial charge < -0.3 is 9.84 Å². The molecule has 0 heterocycles. The number of carbonyl (C=O) groups excluding carboxylic acids is 1. The molecule has 3 nitrogen and oxygen atoms in total. The molecule has 0 aromatic carbocycles. The maximum absolute atomic E-state index is 12.0. The number of carbonyl (C=O) groups is 1. The molecule has 0 aliphatic heterocycles. The summed E-state index contributed by atoms with van der Waals surface area (Å²) in [4.78, 5) is 12.0. The number of ether oxygens (including phenoxy) is 1. The van der Waals surface area contributed by atoms with Crippen LogP contribution in [0.5, 0.6) is 0 Å². The molecule has 2 saturated carbocycles. The number of fused-ring (bicyclic) bond motifs is 2. The Labute approximate surface area is 123 Å². The largest absolute Gasteiger partial charge is 0.459 e. The average molecular weight is 282 g/mol. The minimum Gasteiger partial charge on any atom is -0.459 e. The van der Waals surface area contributed by atoms with Gasteiger partial charge in [-0.05, 0) is 52.4 Å². The summed E-state index contributed by atoms with van der Waals surface area (Å²) in [5.41, 5.74) is -1.22. The molecule has 0 saturated heterocycles. The summed E-state index contributed by atoms with van der Waals surface area (Å²) in [6, 6.07) is 0. The molecule has 0 aromatic heterocycles. The highest BCUT2D eigenvalue weighted by Gasteiger charge is 2.55. The third-order valence-electron chi connectivity index (χ3n) is 5.50. The van der Waals surface area contributed by atoms with E-state index in [0.29, 0.717) is 5.92 Å². The number of aliphatic hydroxyl groups is 1. The SMILES string of the molecule is CC(C)C(=O)OC1(C)CC2CCCC(C(C)(C)O)(C2)C1. The first-order valence-corrected chi connectivity index (χ1v) is 8.02. The highest BCUT2D eigenvalue weighted by molar-refractivity contribution is 5.72. The van der Waals surface area contributed by atoms with Gasteiger partial charge in [-0.15, -0.1) is 0 Å². The topological polar surface area (TPSA) is 46.5 Å². The predicted octanol–water partition coefficient (Wildman–Crippen LogP) is 3.69. The molecule has 3 atom stereocenters. The van der Waals surface area contributed by atoms with E-state index >= 15 is 0 Å². The monoisotopic (exact) mass is 282 g/mol. The Hall–Kier alpha value is -0.570. The zero-order chi connectivity index (χ0) is 15.2. The molecule has 0 radical (unpaired) electrons. The predicted molar refractivity (Wildman–Crippen MR) is 79.3 cm³/mol. The van der Waals surface area contributed by atoms with Gasteiger partial charge in [0.15, 0.2) is 0 Å². The van der Waals surface area contributed by atoms with E-state index in [4.69, 9.17) is 4.74 Å².